The first kappa shape index (κ1) is 11.6. The molecule has 82 valence electrons. The van der Waals surface area contributed by atoms with E-state index in [4.69, 9.17) is 5.11 Å². The lowest BCUT2D eigenvalue weighted by molar-refractivity contribution is -0.136. The van der Waals surface area contributed by atoms with Crippen molar-refractivity contribution in [2.45, 2.75) is 26.7 Å². The number of nitrogens with one attached hydrogen (secondary N) is 1. The van der Waals surface area contributed by atoms with Crippen LogP contribution in [0.3, 0.4) is 0 Å². The number of carbonyl (C=O) groups is 1. The molecule has 0 spiro atoms. The second-order valence-electron chi connectivity index (χ2n) is 3.53. The summed E-state index contributed by atoms with van der Waals surface area (Å²) in [6.07, 6.45) is 1.11. The van der Waals surface area contributed by atoms with Crippen molar-refractivity contribution in [3.05, 3.63) is 29.3 Å². The highest BCUT2D eigenvalue weighted by Gasteiger charge is 2.03. The Morgan fingerprint density at radius 1 is 1.47 bits per heavy atom. The van der Waals surface area contributed by atoms with Crippen LogP contribution in [0, 0.1) is 6.92 Å². The number of benzene rings is 1. The highest BCUT2D eigenvalue weighted by atomic mass is 16.4. The molecule has 1 aromatic rings. The Bertz CT molecular complexity index is 347. The first-order valence-electron chi connectivity index (χ1n) is 5.19. The fourth-order valence-electron chi connectivity index (χ4n) is 1.57. The normalized spacial score (nSPS) is 10.0. The smallest absolute Gasteiger partial charge is 0.305 e. The van der Waals surface area contributed by atoms with Crippen molar-refractivity contribution in [1.82, 2.24) is 0 Å². The Hall–Kier alpha value is -1.51. The molecule has 0 heterocycles. The van der Waals surface area contributed by atoms with E-state index in [-0.39, 0.29) is 6.42 Å². The zero-order valence-corrected chi connectivity index (χ0v) is 9.21. The third kappa shape index (κ3) is 3.27. The van der Waals surface area contributed by atoms with Crippen LogP contribution >= 0.6 is 0 Å². The zero-order chi connectivity index (χ0) is 11.3. The maximum atomic E-state index is 10.4. The van der Waals surface area contributed by atoms with Gasteiger partial charge in [0.1, 0.15) is 0 Å². The third-order valence-corrected chi connectivity index (χ3v) is 2.38. The predicted octanol–water partition coefficient (Wildman–Crippen LogP) is 2.44. The zero-order valence-electron chi connectivity index (χ0n) is 9.21. The van der Waals surface area contributed by atoms with E-state index in [1.807, 2.05) is 19.1 Å². The van der Waals surface area contributed by atoms with Gasteiger partial charge in [-0.15, -0.1) is 0 Å². The van der Waals surface area contributed by atoms with Crippen LogP contribution in [0.1, 0.15) is 24.5 Å². The average molecular weight is 207 g/mol. The highest BCUT2D eigenvalue weighted by molar-refractivity contribution is 5.68. The summed E-state index contributed by atoms with van der Waals surface area (Å²) in [6.45, 7) is 4.60. The molecule has 0 saturated carbocycles. The Kier molecular flexibility index (Phi) is 4.16. The molecule has 15 heavy (non-hydrogen) atoms. The van der Waals surface area contributed by atoms with E-state index in [9.17, 15) is 4.79 Å². The molecule has 0 unspecified atom stereocenters. The van der Waals surface area contributed by atoms with Gasteiger partial charge >= 0.3 is 5.97 Å². The second kappa shape index (κ2) is 5.39. The molecule has 0 fully saturated rings. The molecule has 0 saturated heterocycles. The Morgan fingerprint density at radius 3 is 2.80 bits per heavy atom. The summed E-state index contributed by atoms with van der Waals surface area (Å²) >= 11 is 0. The fourth-order valence-corrected chi connectivity index (χ4v) is 1.57. The van der Waals surface area contributed by atoms with Gasteiger partial charge in [-0.25, -0.2) is 0 Å². The summed E-state index contributed by atoms with van der Waals surface area (Å²) in [5, 5.41) is 11.7. The van der Waals surface area contributed by atoms with Crippen molar-refractivity contribution < 1.29 is 9.90 Å². The maximum absolute atomic E-state index is 10.4. The van der Waals surface area contributed by atoms with Crippen molar-refractivity contribution in [3.8, 4) is 0 Å². The molecule has 1 aromatic carbocycles. The molecule has 3 heteroatoms. The second-order valence-corrected chi connectivity index (χ2v) is 3.53. The molecule has 1 rings (SSSR count). The highest BCUT2D eigenvalue weighted by Crippen LogP contribution is 2.20. The number of aliphatic carboxylic acids is 1. The molecule has 0 radical (unpaired) electrons. The number of carboxylic acids is 1. The molecule has 0 amide bonds. The first-order chi connectivity index (χ1) is 7.15. The van der Waals surface area contributed by atoms with Gasteiger partial charge < -0.3 is 10.4 Å². The number of aryl methyl sites for hydroxylation is 2. The van der Waals surface area contributed by atoms with Gasteiger partial charge in [-0.2, -0.15) is 0 Å². The number of carboxylic acid groups (broad SMARTS) is 1. The van der Waals surface area contributed by atoms with Crippen LogP contribution in [0.4, 0.5) is 5.69 Å². The third-order valence-electron chi connectivity index (χ3n) is 2.38. The topological polar surface area (TPSA) is 49.3 Å². The Morgan fingerprint density at radius 2 is 2.20 bits per heavy atom. The molecule has 0 bridgehead atoms. The minimum Gasteiger partial charge on any atom is -0.481 e. The molecule has 0 aromatic heterocycles. The Balaban J connectivity index is 2.70. The van der Waals surface area contributed by atoms with Gasteiger partial charge in [0.15, 0.2) is 0 Å². The van der Waals surface area contributed by atoms with E-state index in [2.05, 4.69) is 18.3 Å². The van der Waals surface area contributed by atoms with Crippen LogP contribution in [0.2, 0.25) is 0 Å². The minimum absolute atomic E-state index is 0.150. The van der Waals surface area contributed by atoms with Gasteiger partial charge in [-0.05, 0) is 24.5 Å². The van der Waals surface area contributed by atoms with E-state index in [1.54, 1.807) is 0 Å². The summed E-state index contributed by atoms with van der Waals surface area (Å²) in [5.74, 6) is -0.769. The summed E-state index contributed by atoms with van der Waals surface area (Å²) < 4.78 is 0. The SMILES string of the molecule is CCc1cccc(C)c1NCCC(=O)O. The molecule has 0 aliphatic heterocycles. The number of rotatable bonds is 5. The van der Waals surface area contributed by atoms with E-state index in [0.29, 0.717) is 6.54 Å². The van der Waals surface area contributed by atoms with Crippen LogP contribution < -0.4 is 5.32 Å². The van der Waals surface area contributed by atoms with E-state index >= 15 is 0 Å². The van der Waals surface area contributed by atoms with Gasteiger partial charge in [0.25, 0.3) is 0 Å². The van der Waals surface area contributed by atoms with Crippen LogP contribution in [0.5, 0.6) is 0 Å². The van der Waals surface area contributed by atoms with Gasteiger partial charge in [0.05, 0.1) is 6.42 Å². The summed E-state index contributed by atoms with van der Waals surface area (Å²) in [5.41, 5.74) is 3.49. The molecular weight excluding hydrogens is 190 g/mol. The number of anilines is 1. The summed E-state index contributed by atoms with van der Waals surface area (Å²) in [7, 11) is 0. The lowest BCUT2D eigenvalue weighted by Gasteiger charge is -2.12. The van der Waals surface area contributed by atoms with Gasteiger partial charge in [-0.3, -0.25) is 4.79 Å². The van der Waals surface area contributed by atoms with Crippen molar-refractivity contribution in [1.29, 1.82) is 0 Å². The van der Waals surface area contributed by atoms with Crippen LogP contribution in [0.25, 0.3) is 0 Å². The van der Waals surface area contributed by atoms with E-state index in [1.165, 1.54) is 11.1 Å². The molecule has 0 aliphatic carbocycles. The van der Waals surface area contributed by atoms with E-state index in [0.717, 1.165) is 12.1 Å². The minimum atomic E-state index is -0.769. The number of hydrogen-bond acceptors (Lipinski definition) is 2. The lowest BCUT2D eigenvalue weighted by Crippen LogP contribution is -2.09. The van der Waals surface area contributed by atoms with E-state index < -0.39 is 5.97 Å². The average Bonchev–Trinajstić information content (AvgIpc) is 2.20. The van der Waals surface area contributed by atoms with Crippen LogP contribution in [-0.2, 0) is 11.2 Å². The molecular formula is C12H17NO2. The lowest BCUT2D eigenvalue weighted by atomic mass is 10.1. The first-order valence-corrected chi connectivity index (χ1v) is 5.19. The number of para-hydroxylation sites is 1. The maximum Gasteiger partial charge on any atom is 0.305 e. The fraction of sp³-hybridized carbons (Fsp3) is 0.417. The predicted molar refractivity (Wildman–Crippen MR) is 61.3 cm³/mol. The molecule has 3 nitrogen and oxygen atoms in total. The summed E-state index contributed by atoms with van der Waals surface area (Å²) in [4.78, 5) is 10.4. The van der Waals surface area contributed by atoms with Gasteiger partial charge in [0.2, 0.25) is 0 Å². The number of hydrogen-bond donors (Lipinski definition) is 2. The van der Waals surface area contributed by atoms with Crippen LogP contribution in [-0.4, -0.2) is 17.6 Å². The molecule has 2 N–H and O–H groups in total. The van der Waals surface area contributed by atoms with Crippen LogP contribution in [0.15, 0.2) is 18.2 Å². The quantitative estimate of drug-likeness (QED) is 0.779. The summed E-state index contributed by atoms with van der Waals surface area (Å²) in [6, 6.07) is 6.12. The van der Waals surface area contributed by atoms with Crippen molar-refractivity contribution in [3.63, 3.8) is 0 Å². The molecule has 0 atom stereocenters. The van der Waals surface area contributed by atoms with Gasteiger partial charge in [0, 0.05) is 12.2 Å². The van der Waals surface area contributed by atoms with Crippen molar-refractivity contribution in [2.75, 3.05) is 11.9 Å². The Labute approximate surface area is 90.1 Å². The van der Waals surface area contributed by atoms with Gasteiger partial charge in [-0.1, -0.05) is 25.1 Å². The largest absolute Gasteiger partial charge is 0.481 e. The monoisotopic (exact) mass is 207 g/mol. The van der Waals surface area contributed by atoms with Crippen molar-refractivity contribution >= 4 is 11.7 Å². The molecule has 0 aliphatic rings. The standard InChI is InChI=1S/C12H17NO2/c1-3-10-6-4-5-9(2)12(10)13-8-7-11(14)15/h4-6,13H,3,7-8H2,1-2H3,(H,14,15). The van der Waals surface area contributed by atoms with Crippen molar-refractivity contribution in [2.24, 2.45) is 0 Å².